The zero-order chi connectivity index (χ0) is 12.3. The second-order valence-corrected chi connectivity index (χ2v) is 2.70. The molecule has 7 heteroatoms. The molecule has 16 heavy (non-hydrogen) atoms. The van der Waals surface area contributed by atoms with E-state index in [0.29, 0.717) is 6.07 Å². The number of hydrogen-bond donors (Lipinski definition) is 0. The second-order valence-electron chi connectivity index (χ2n) is 2.70. The third kappa shape index (κ3) is 2.23. The van der Waals surface area contributed by atoms with E-state index in [0.717, 1.165) is 14.2 Å². The number of halogens is 3. The van der Waals surface area contributed by atoms with Crippen molar-refractivity contribution in [2.45, 2.75) is 6.43 Å². The molecule has 0 atom stereocenters. The number of nitrogens with zero attached hydrogens (tertiary/aromatic N) is 1. The standard InChI is InChI=1S/C9H8F3NO3/c1-15-8-6(7(11)12)4(10)3-5(13-8)9(14)16-2/h3,7H,1-2H3. The van der Waals surface area contributed by atoms with Crippen molar-refractivity contribution < 1.29 is 27.4 Å². The van der Waals surface area contributed by atoms with E-state index >= 15 is 0 Å². The number of carbonyl (C=O) groups excluding carboxylic acids is 1. The molecule has 0 fully saturated rings. The third-order valence-corrected chi connectivity index (χ3v) is 1.78. The Labute approximate surface area is 89.0 Å². The zero-order valence-electron chi connectivity index (χ0n) is 8.46. The van der Waals surface area contributed by atoms with Crippen molar-refractivity contribution in [3.63, 3.8) is 0 Å². The van der Waals surface area contributed by atoms with E-state index in [-0.39, 0.29) is 0 Å². The number of ether oxygens (including phenoxy) is 2. The van der Waals surface area contributed by atoms with Gasteiger partial charge in [-0.05, 0) is 0 Å². The summed E-state index contributed by atoms with van der Waals surface area (Å²) in [7, 11) is 2.12. The van der Waals surface area contributed by atoms with Crippen LogP contribution in [-0.2, 0) is 4.74 Å². The summed E-state index contributed by atoms with van der Waals surface area (Å²) >= 11 is 0. The summed E-state index contributed by atoms with van der Waals surface area (Å²) in [5.41, 5.74) is -1.41. The molecule has 88 valence electrons. The topological polar surface area (TPSA) is 48.4 Å². The normalized spacial score (nSPS) is 10.4. The molecule has 1 heterocycles. The van der Waals surface area contributed by atoms with Crippen LogP contribution in [0.1, 0.15) is 22.5 Å². The van der Waals surface area contributed by atoms with Gasteiger partial charge in [0.25, 0.3) is 6.43 Å². The van der Waals surface area contributed by atoms with Gasteiger partial charge in [0.2, 0.25) is 5.88 Å². The van der Waals surface area contributed by atoms with E-state index in [2.05, 4.69) is 14.5 Å². The fourth-order valence-electron chi connectivity index (χ4n) is 1.06. The molecule has 1 aromatic heterocycles. The molecule has 0 aliphatic heterocycles. The lowest BCUT2D eigenvalue weighted by Crippen LogP contribution is -2.09. The first-order valence-electron chi connectivity index (χ1n) is 4.12. The Morgan fingerprint density at radius 3 is 2.50 bits per heavy atom. The summed E-state index contributed by atoms with van der Waals surface area (Å²) in [6, 6.07) is 0.579. The molecule has 0 aliphatic carbocycles. The van der Waals surface area contributed by atoms with Gasteiger partial charge < -0.3 is 9.47 Å². The van der Waals surface area contributed by atoms with Crippen LogP contribution in [0.5, 0.6) is 5.88 Å². The van der Waals surface area contributed by atoms with E-state index in [4.69, 9.17) is 0 Å². The zero-order valence-corrected chi connectivity index (χ0v) is 8.46. The number of esters is 1. The minimum Gasteiger partial charge on any atom is -0.481 e. The molecule has 1 aromatic rings. The molecule has 0 amide bonds. The third-order valence-electron chi connectivity index (χ3n) is 1.78. The summed E-state index contributed by atoms with van der Waals surface area (Å²) < 4.78 is 46.8. The predicted octanol–water partition coefficient (Wildman–Crippen LogP) is 1.95. The van der Waals surface area contributed by atoms with Gasteiger partial charge in [0.05, 0.1) is 14.2 Å². The molecular weight excluding hydrogens is 227 g/mol. The Hall–Kier alpha value is -1.79. The average molecular weight is 235 g/mol. The summed E-state index contributed by atoms with van der Waals surface area (Å²) in [6.45, 7) is 0. The van der Waals surface area contributed by atoms with Gasteiger partial charge in [-0.2, -0.15) is 0 Å². The van der Waals surface area contributed by atoms with Crippen LogP contribution in [0, 0.1) is 5.82 Å². The summed E-state index contributed by atoms with van der Waals surface area (Å²) in [5, 5.41) is 0. The highest BCUT2D eigenvalue weighted by molar-refractivity contribution is 5.87. The van der Waals surface area contributed by atoms with Gasteiger partial charge in [-0.3, -0.25) is 0 Å². The van der Waals surface area contributed by atoms with Crippen LogP contribution in [0.3, 0.4) is 0 Å². The van der Waals surface area contributed by atoms with E-state index in [1.165, 1.54) is 0 Å². The fourth-order valence-corrected chi connectivity index (χ4v) is 1.06. The van der Waals surface area contributed by atoms with E-state index < -0.39 is 35.3 Å². The maximum atomic E-state index is 13.2. The summed E-state index contributed by atoms with van der Waals surface area (Å²) in [5.74, 6) is -2.82. The minimum atomic E-state index is -3.07. The highest BCUT2D eigenvalue weighted by Gasteiger charge is 2.24. The van der Waals surface area contributed by atoms with Crippen molar-refractivity contribution in [3.8, 4) is 5.88 Å². The number of alkyl halides is 2. The molecule has 0 saturated carbocycles. The monoisotopic (exact) mass is 235 g/mol. The number of methoxy groups -OCH3 is 2. The molecule has 0 spiro atoms. The molecule has 4 nitrogen and oxygen atoms in total. The number of hydrogen-bond acceptors (Lipinski definition) is 4. The second kappa shape index (κ2) is 4.82. The van der Waals surface area contributed by atoms with Crippen molar-refractivity contribution in [1.82, 2.24) is 4.98 Å². The van der Waals surface area contributed by atoms with Gasteiger partial charge in [-0.15, -0.1) is 0 Å². The molecule has 1 rings (SSSR count). The lowest BCUT2D eigenvalue weighted by Gasteiger charge is -2.09. The van der Waals surface area contributed by atoms with Crippen molar-refractivity contribution in [2.75, 3.05) is 14.2 Å². The first-order valence-corrected chi connectivity index (χ1v) is 4.12. The van der Waals surface area contributed by atoms with Gasteiger partial charge in [0, 0.05) is 6.07 Å². The Balaban J connectivity index is 3.32. The molecule has 0 saturated heterocycles. The van der Waals surface area contributed by atoms with Crippen LogP contribution in [0.15, 0.2) is 6.07 Å². The quantitative estimate of drug-likeness (QED) is 0.751. The van der Waals surface area contributed by atoms with Crippen LogP contribution >= 0.6 is 0 Å². The summed E-state index contributed by atoms with van der Waals surface area (Å²) in [4.78, 5) is 14.4. The fraction of sp³-hybridized carbons (Fsp3) is 0.333. The Kier molecular flexibility index (Phi) is 3.70. The lowest BCUT2D eigenvalue weighted by molar-refractivity contribution is 0.0591. The van der Waals surface area contributed by atoms with Crippen molar-refractivity contribution in [3.05, 3.63) is 23.1 Å². The smallest absolute Gasteiger partial charge is 0.356 e. The maximum Gasteiger partial charge on any atom is 0.356 e. The lowest BCUT2D eigenvalue weighted by atomic mass is 10.2. The van der Waals surface area contributed by atoms with Gasteiger partial charge in [-0.1, -0.05) is 0 Å². The van der Waals surface area contributed by atoms with Crippen LogP contribution in [0.2, 0.25) is 0 Å². The molecular formula is C9H8F3NO3. The van der Waals surface area contributed by atoms with Crippen molar-refractivity contribution in [1.29, 1.82) is 0 Å². The van der Waals surface area contributed by atoms with Crippen LogP contribution in [-0.4, -0.2) is 25.2 Å². The number of carbonyl (C=O) groups is 1. The van der Waals surface area contributed by atoms with Crippen molar-refractivity contribution >= 4 is 5.97 Å². The van der Waals surface area contributed by atoms with Crippen LogP contribution < -0.4 is 4.74 Å². The number of aromatic nitrogens is 1. The highest BCUT2D eigenvalue weighted by Crippen LogP contribution is 2.30. The van der Waals surface area contributed by atoms with E-state index in [9.17, 15) is 18.0 Å². The van der Waals surface area contributed by atoms with Crippen LogP contribution in [0.25, 0.3) is 0 Å². The average Bonchev–Trinajstić information content (AvgIpc) is 2.26. The molecule has 0 radical (unpaired) electrons. The predicted molar refractivity (Wildman–Crippen MR) is 47.0 cm³/mol. The molecule has 0 bridgehead atoms. The first-order chi connectivity index (χ1) is 7.51. The Bertz CT molecular complexity index is 409. The van der Waals surface area contributed by atoms with Gasteiger partial charge >= 0.3 is 5.97 Å². The molecule has 0 aromatic carbocycles. The minimum absolute atomic E-state index is 0.429. The van der Waals surface area contributed by atoms with Gasteiger partial charge in [0.15, 0.2) is 5.69 Å². The van der Waals surface area contributed by atoms with Crippen molar-refractivity contribution in [2.24, 2.45) is 0 Å². The van der Waals surface area contributed by atoms with Gasteiger partial charge in [0.1, 0.15) is 11.4 Å². The first kappa shape index (κ1) is 12.3. The number of rotatable bonds is 3. The Morgan fingerprint density at radius 2 is 2.06 bits per heavy atom. The molecule has 0 N–H and O–H groups in total. The molecule has 0 aliphatic rings. The molecule has 0 unspecified atom stereocenters. The van der Waals surface area contributed by atoms with E-state index in [1.807, 2.05) is 0 Å². The van der Waals surface area contributed by atoms with E-state index in [1.54, 1.807) is 0 Å². The largest absolute Gasteiger partial charge is 0.481 e. The number of pyridine rings is 1. The maximum absolute atomic E-state index is 13.2. The van der Waals surface area contributed by atoms with Gasteiger partial charge in [-0.25, -0.2) is 22.9 Å². The summed E-state index contributed by atoms with van der Waals surface area (Å²) in [6.07, 6.45) is -3.07. The Morgan fingerprint density at radius 1 is 1.44 bits per heavy atom. The highest BCUT2D eigenvalue weighted by atomic mass is 19.3. The van der Waals surface area contributed by atoms with Crippen LogP contribution in [0.4, 0.5) is 13.2 Å². The SMILES string of the molecule is COC(=O)c1cc(F)c(C(F)F)c(OC)n1.